The molecule has 3 N–H and O–H groups in total. The van der Waals surface area contributed by atoms with Gasteiger partial charge in [-0.25, -0.2) is 4.79 Å². The Balaban J connectivity index is 0.000000621. The van der Waals surface area contributed by atoms with E-state index in [1.54, 1.807) is 0 Å². The number of halogens is 1. The van der Waals surface area contributed by atoms with E-state index in [1.807, 2.05) is 45.9 Å². The van der Waals surface area contributed by atoms with Crippen LogP contribution in [0.25, 0.3) is 0 Å². The lowest BCUT2D eigenvalue weighted by Crippen LogP contribution is -2.38. The van der Waals surface area contributed by atoms with Gasteiger partial charge in [0.15, 0.2) is 0 Å². The number of para-hydroxylation sites is 1. The van der Waals surface area contributed by atoms with Crippen molar-refractivity contribution in [2.45, 2.75) is 27.7 Å². The van der Waals surface area contributed by atoms with Crippen molar-refractivity contribution in [3.05, 3.63) is 29.3 Å². The third-order valence-corrected chi connectivity index (χ3v) is 4.69. The maximum atomic E-state index is 11.6. The number of alkyl halides is 1. The van der Waals surface area contributed by atoms with Crippen molar-refractivity contribution >= 4 is 33.6 Å². The molecule has 0 aliphatic rings. The number of ether oxygens (including phenoxy) is 1. The first-order valence-corrected chi connectivity index (χ1v) is 10.2. The van der Waals surface area contributed by atoms with E-state index in [2.05, 4.69) is 4.18 Å². The molecule has 0 fully saturated rings. The van der Waals surface area contributed by atoms with Crippen LogP contribution in [0.15, 0.2) is 18.2 Å². The minimum Gasteiger partial charge on any atom is -0.398 e. The molecule has 8 nitrogen and oxygen atoms in total. The molecule has 0 aliphatic carbocycles. The molecule has 1 aromatic carbocycles. The average Bonchev–Trinajstić information content (AvgIpc) is 2.58. The highest BCUT2D eigenvalue weighted by Crippen LogP contribution is 2.13. The lowest BCUT2D eigenvalue weighted by molar-refractivity contribution is -0.137. The zero-order valence-corrected chi connectivity index (χ0v) is 17.7. The number of nitrogen functional groups attached to an aromatic ring is 1. The summed E-state index contributed by atoms with van der Waals surface area (Å²) in [5.74, 6) is -0.981. The summed E-state index contributed by atoms with van der Waals surface area (Å²) in [5, 5.41) is 8.44. The second-order valence-electron chi connectivity index (χ2n) is 6.13. The van der Waals surface area contributed by atoms with Crippen molar-refractivity contribution in [2.24, 2.45) is 5.92 Å². The Bertz CT molecular complexity index is 662. The van der Waals surface area contributed by atoms with E-state index in [1.165, 1.54) is 0 Å². The molecule has 0 amide bonds. The van der Waals surface area contributed by atoms with Gasteiger partial charge >= 0.3 is 16.3 Å². The van der Waals surface area contributed by atoms with Crippen LogP contribution in [0, 0.1) is 19.8 Å². The number of aliphatic hydroxyl groups excluding tert-OH is 1. The summed E-state index contributed by atoms with van der Waals surface area (Å²) < 4.78 is 33.3. The van der Waals surface area contributed by atoms with Gasteiger partial charge in [0, 0.05) is 18.1 Å². The third kappa shape index (κ3) is 10.5. The molecule has 1 rings (SSSR count). The molecule has 0 aromatic heterocycles. The van der Waals surface area contributed by atoms with Crippen LogP contribution in [0.5, 0.6) is 0 Å². The van der Waals surface area contributed by atoms with Crippen LogP contribution in [-0.2, 0) is 24.0 Å². The van der Waals surface area contributed by atoms with E-state index in [9.17, 15) is 13.2 Å². The molecule has 0 atom stereocenters. The molecule has 0 bridgehead atoms. The van der Waals surface area contributed by atoms with Crippen molar-refractivity contribution in [2.75, 3.05) is 38.1 Å². The minimum atomic E-state index is -4.28. The molecular formula is C17H29ClN2O6S. The monoisotopic (exact) mass is 424 g/mol. The zero-order valence-electron chi connectivity index (χ0n) is 16.1. The van der Waals surface area contributed by atoms with Gasteiger partial charge in [0.2, 0.25) is 0 Å². The molecule has 0 spiro atoms. The topological polar surface area (TPSA) is 119 Å². The predicted octanol–water partition coefficient (Wildman–Crippen LogP) is 1.82. The number of nitrogens with two attached hydrogens (primary N) is 1. The fraction of sp³-hybridized carbons (Fsp3) is 0.588. The van der Waals surface area contributed by atoms with E-state index >= 15 is 0 Å². The Morgan fingerprint density at radius 3 is 2.26 bits per heavy atom. The quantitative estimate of drug-likeness (QED) is 0.352. The van der Waals surface area contributed by atoms with E-state index in [0.29, 0.717) is 6.61 Å². The second kappa shape index (κ2) is 12.9. The number of carbonyl (C=O) groups is 1. The summed E-state index contributed by atoms with van der Waals surface area (Å²) in [6.45, 7) is 6.89. The summed E-state index contributed by atoms with van der Waals surface area (Å²) in [4.78, 5) is 10.8. The first kappa shape index (κ1) is 25.6. The van der Waals surface area contributed by atoms with Gasteiger partial charge in [0.05, 0.1) is 6.61 Å². The van der Waals surface area contributed by atoms with Gasteiger partial charge in [0.25, 0.3) is 0 Å². The van der Waals surface area contributed by atoms with Crippen LogP contribution >= 0.6 is 11.6 Å². The summed E-state index contributed by atoms with van der Waals surface area (Å²) in [6, 6.07) is 6.05. The van der Waals surface area contributed by atoms with Crippen molar-refractivity contribution in [1.82, 2.24) is 4.31 Å². The lowest BCUT2D eigenvalue weighted by atomic mass is 10.1. The van der Waals surface area contributed by atoms with E-state index in [-0.39, 0.29) is 25.1 Å². The molecule has 0 aliphatic heterocycles. The van der Waals surface area contributed by atoms with Crippen LogP contribution in [-0.4, -0.2) is 56.2 Å². The zero-order chi connectivity index (χ0) is 21.0. The van der Waals surface area contributed by atoms with Gasteiger partial charge in [-0.05, 0) is 30.9 Å². The standard InChI is InChI=1S/C9H18ClNO6S.C8H11N/c1-8(2)6-16-7-11(4-3-10)18(14,15)17-9(13)5-12;1-6-4-3-5-7(2)8(6)9/h8,12H,3-7H2,1-2H3;3-5H,9H2,1-2H3. The van der Waals surface area contributed by atoms with Crippen LogP contribution in [0.1, 0.15) is 25.0 Å². The van der Waals surface area contributed by atoms with Crippen molar-refractivity contribution < 1.29 is 27.2 Å². The molecular weight excluding hydrogens is 396 g/mol. The summed E-state index contributed by atoms with van der Waals surface area (Å²) in [7, 11) is -4.28. The minimum absolute atomic E-state index is 0.0287. The Morgan fingerprint density at radius 1 is 1.30 bits per heavy atom. The first-order valence-electron chi connectivity index (χ1n) is 8.33. The van der Waals surface area contributed by atoms with Crippen molar-refractivity contribution in [3.63, 3.8) is 0 Å². The second-order valence-corrected chi connectivity index (χ2v) is 8.05. The van der Waals surface area contributed by atoms with Crippen LogP contribution in [0.3, 0.4) is 0 Å². The number of carbonyl (C=O) groups excluding carboxylic acids is 1. The molecule has 27 heavy (non-hydrogen) atoms. The average molecular weight is 425 g/mol. The number of aryl methyl sites for hydroxylation is 2. The van der Waals surface area contributed by atoms with Crippen LogP contribution in [0.4, 0.5) is 5.69 Å². The molecule has 0 radical (unpaired) electrons. The maximum absolute atomic E-state index is 11.6. The van der Waals surface area contributed by atoms with E-state index in [0.717, 1.165) is 21.1 Å². The van der Waals surface area contributed by atoms with Gasteiger partial charge in [-0.1, -0.05) is 32.0 Å². The highest BCUT2D eigenvalue weighted by atomic mass is 35.5. The Hall–Kier alpha value is -1.39. The summed E-state index contributed by atoms with van der Waals surface area (Å²) in [5.41, 5.74) is 8.92. The number of nitrogens with zero attached hydrogens (tertiary/aromatic N) is 1. The van der Waals surface area contributed by atoms with Gasteiger partial charge in [-0.3, -0.25) is 0 Å². The maximum Gasteiger partial charge on any atom is 0.389 e. The lowest BCUT2D eigenvalue weighted by Gasteiger charge is -2.20. The van der Waals surface area contributed by atoms with Gasteiger partial charge in [0.1, 0.15) is 13.3 Å². The number of anilines is 1. The molecule has 10 heteroatoms. The van der Waals surface area contributed by atoms with Gasteiger partial charge < -0.3 is 19.8 Å². The van der Waals surface area contributed by atoms with E-state index in [4.69, 9.17) is 27.2 Å². The van der Waals surface area contributed by atoms with Gasteiger partial charge in [-0.2, -0.15) is 8.42 Å². The normalized spacial score (nSPS) is 11.3. The summed E-state index contributed by atoms with van der Waals surface area (Å²) >= 11 is 5.46. The predicted molar refractivity (Wildman–Crippen MR) is 106 cm³/mol. The number of aliphatic hydroxyl groups is 1. The first-order chi connectivity index (χ1) is 12.5. The van der Waals surface area contributed by atoms with Gasteiger partial charge in [-0.15, -0.1) is 15.9 Å². The highest BCUT2D eigenvalue weighted by molar-refractivity contribution is 7.84. The Morgan fingerprint density at radius 2 is 1.85 bits per heavy atom. The number of rotatable bonds is 9. The Kier molecular flexibility index (Phi) is 12.2. The van der Waals surface area contributed by atoms with Crippen molar-refractivity contribution in [1.29, 1.82) is 0 Å². The third-order valence-electron chi connectivity index (χ3n) is 3.21. The molecule has 0 heterocycles. The molecule has 0 saturated carbocycles. The number of benzene rings is 1. The highest BCUT2D eigenvalue weighted by Gasteiger charge is 2.26. The van der Waals surface area contributed by atoms with Crippen molar-refractivity contribution in [3.8, 4) is 0 Å². The van der Waals surface area contributed by atoms with E-state index < -0.39 is 22.9 Å². The Labute approximate surface area is 166 Å². The SMILES string of the molecule is CC(C)COCN(CCCl)S(=O)(=O)OC(=O)CO.Cc1cccc(C)c1N. The largest absolute Gasteiger partial charge is 0.398 e. The number of hydrogen-bond acceptors (Lipinski definition) is 7. The fourth-order valence-corrected chi connectivity index (χ4v) is 2.97. The van der Waals surface area contributed by atoms with Crippen LogP contribution in [0.2, 0.25) is 0 Å². The summed E-state index contributed by atoms with van der Waals surface area (Å²) in [6.07, 6.45) is 0. The van der Waals surface area contributed by atoms with Crippen LogP contribution < -0.4 is 5.73 Å². The molecule has 0 saturated heterocycles. The molecule has 0 unspecified atom stereocenters. The molecule has 1 aromatic rings. The fourth-order valence-electron chi connectivity index (χ4n) is 1.75. The smallest absolute Gasteiger partial charge is 0.389 e. The number of hydrogen-bond donors (Lipinski definition) is 2. The molecule has 156 valence electrons.